The van der Waals surface area contributed by atoms with E-state index in [1.54, 1.807) is 6.92 Å². The maximum Gasteiger partial charge on any atom is 0.337 e. The van der Waals surface area contributed by atoms with Crippen LogP contribution in [0.15, 0.2) is 23.4 Å². The number of esters is 1. The number of amides is 2. The van der Waals surface area contributed by atoms with Gasteiger partial charge in [-0.25, -0.2) is 9.18 Å². The third-order valence-electron chi connectivity index (χ3n) is 3.81. The first-order chi connectivity index (χ1) is 12.3. The second-order valence-corrected chi connectivity index (χ2v) is 5.75. The van der Waals surface area contributed by atoms with Crippen molar-refractivity contribution >= 4 is 29.2 Å². The van der Waals surface area contributed by atoms with Gasteiger partial charge < -0.3 is 25.4 Å². The maximum absolute atomic E-state index is 13.8. The highest BCUT2D eigenvalue weighted by atomic mass is 19.1. The molecule has 2 amide bonds. The van der Waals surface area contributed by atoms with Gasteiger partial charge in [0.2, 0.25) is 5.91 Å². The molecular weight excluding hydrogens is 345 g/mol. The number of aliphatic hydroxyl groups excluding tert-OH is 1. The standard InChI is InChI=1S/C17H20FN3O5/c1-9-6-11(18)7-13(14(9)19-10(2)23)20-15-12(17(25)26-3)8-21(4-5-22)16(15)24/h6-7,20,22H,4-5,8H2,1-3H3,(H,19,23). The molecule has 0 saturated carbocycles. The predicted octanol–water partition coefficient (Wildman–Crippen LogP) is 0.766. The first-order valence-corrected chi connectivity index (χ1v) is 7.84. The van der Waals surface area contributed by atoms with Gasteiger partial charge >= 0.3 is 5.97 Å². The van der Waals surface area contributed by atoms with Crippen molar-refractivity contribution in [3.63, 3.8) is 0 Å². The molecule has 9 heteroatoms. The number of nitrogens with zero attached hydrogens (tertiary/aromatic N) is 1. The lowest BCUT2D eigenvalue weighted by Gasteiger charge is -2.17. The minimum absolute atomic E-state index is 0.0330. The molecule has 0 radical (unpaired) electrons. The molecule has 1 aromatic rings. The lowest BCUT2D eigenvalue weighted by Crippen LogP contribution is -2.31. The summed E-state index contributed by atoms with van der Waals surface area (Å²) in [6, 6.07) is 2.35. The molecule has 0 aromatic heterocycles. The van der Waals surface area contributed by atoms with Crippen LogP contribution >= 0.6 is 0 Å². The molecule has 1 heterocycles. The number of anilines is 2. The topological polar surface area (TPSA) is 108 Å². The summed E-state index contributed by atoms with van der Waals surface area (Å²) in [5, 5.41) is 14.4. The number of rotatable bonds is 6. The van der Waals surface area contributed by atoms with Crippen LogP contribution in [0.2, 0.25) is 0 Å². The minimum atomic E-state index is -0.713. The van der Waals surface area contributed by atoms with Gasteiger partial charge in [-0.2, -0.15) is 0 Å². The second-order valence-electron chi connectivity index (χ2n) is 5.75. The number of aliphatic hydroxyl groups is 1. The fourth-order valence-corrected chi connectivity index (χ4v) is 2.67. The zero-order valence-corrected chi connectivity index (χ0v) is 14.7. The number of benzene rings is 1. The number of carbonyl (C=O) groups excluding carboxylic acids is 3. The van der Waals surface area contributed by atoms with Gasteiger partial charge in [0.25, 0.3) is 5.91 Å². The molecule has 0 atom stereocenters. The van der Waals surface area contributed by atoms with Crippen molar-refractivity contribution in [1.29, 1.82) is 0 Å². The van der Waals surface area contributed by atoms with E-state index in [1.807, 2.05) is 0 Å². The molecule has 0 saturated heterocycles. The normalized spacial score (nSPS) is 13.9. The van der Waals surface area contributed by atoms with Crippen molar-refractivity contribution in [3.8, 4) is 0 Å². The Balaban J connectivity index is 2.48. The summed E-state index contributed by atoms with van der Waals surface area (Å²) in [6.07, 6.45) is 0. The highest BCUT2D eigenvalue weighted by Crippen LogP contribution is 2.31. The number of methoxy groups -OCH3 is 1. The van der Waals surface area contributed by atoms with Gasteiger partial charge in [-0.1, -0.05) is 0 Å². The van der Waals surface area contributed by atoms with E-state index in [0.717, 1.165) is 6.07 Å². The van der Waals surface area contributed by atoms with Crippen molar-refractivity contribution in [3.05, 3.63) is 34.8 Å². The Labute approximate surface area is 149 Å². The van der Waals surface area contributed by atoms with Gasteiger partial charge in [-0.3, -0.25) is 9.59 Å². The Morgan fingerprint density at radius 2 is 2.08 bits per heavy atom. The molecule has 1 aliphatic heterocycles. The van der Waals surface area contributed by atoms with E-state index in [4.69, 9.17) is 9.84 Å². The largest absolute Gasteiger partial charge is 0.466 e. The van der Waals surface area contributed by atoms with Crippen LogP contribution in [0.25, 0.3) is 0 Å². The summed E-state index contributed by atoms with van der Waals surface area (Å²) < 4.78 is 18.5. The molecule has 140 valence electrons. The van der Waals surface area contributed by atoms with Crippen LogP contribution in [-0.2, 0) is 19.1 Å². The molecule has 0 fully saturated rings. The number of ether oxygens (including phenoxy) is 1. The van der Waals surface area contributed by atoms with Gasteiger partial charge in [0, 0.05) is 13.5 Å². The number of carbonyl (C=O) groups is 3. The molecule has 0 bridgehead atoms. The molecule has 1 aromatic carbocycles. The molecule has 0 spiro atoms. The first kappa shape index (κ1) is 19.4. The summed E-state index contributed by atoms with van der Waals surface area (Å²) in [6.45, 7) is 2.62. The van der Waals surface area contributed by atoms with E-state index in [2.05, 4.69) is 10.6 Å². The fraction of sp³-hybridized carbons (Fsp3) is 0.353. The molecule has 0 unspecified atom stereocenters. The van der Waals surface area contributed by atoms with Gasteiger partial charge in [-0.05, 0) is 24.6 Å². The van der Waals surface area contributed by atoms with E-state index in [-0.39, 0.29) is 42.6 Å². The summed E-state index contributed by atoms with van der Waals surface area (Å²) in [4.78, 5) is 37.2. The second kappa shape index (κ2) is 7.96. The summed E-state index contributed by atoms with van der Waals surface area (Å²) in [5.41, 5.74) is 0.849. The van der Waals surface area contributed by atoms with E-state index in [0.29, 0.717) is 11.3 Å². The molecule has 3 N–H and O–H groups in total. The SMILES string of the molecule is COC(=O)C1=C(Nc2cc(F)cc(C)c2NC(C)=O)C(=O)N(CCO)C1. The lowest BCUT2D eigenvalue weighted by atomic mass is 10.1. The first-order valence-electron chi connectivity index (χ1n) is 7.84. The summed E-state index contributed by atoms with van der Waals surface area (Å²) in [7, 11) is 1.18. The summed E-state index contributed by atoms with van der Waals surface area (Å²) in [5.74, 6) is -2.19. The quantitative estimate of drug-likeness (QED) is 0.643. The zero-order valence-electron chi connectivity index (χ0n) is 14.7. The van der Waals surface area contributed by atoms with Gasteiger partial charge in [-0.15, -0.1) is 0 Å². The minimum Gasteiger partial charge on any atom is -0.466 e. The number of hydrogen-bond acceptors (Lipinski definition) is 6. The smallest absolute Gasteiger partial charge is 0.337 e. The average molecular weight is 365 g/mol. The highest BCUT2D eigenvalue weighted by Gasteiger charge is 2.34. The molecule has 1 aliphatic rings. The van der Waals surface area contributed by atoms with Crippen LogP contribution in [0, 0.1) is 12.7 Å². The number of β-amino-alcohol motifs (C(OH)–C–C–N with tert-alkyl or cyclic N) is 1. The molecule has 2 rings (SSSR count). The number of halogens is 1. The van der Waals surface area contributed by atoms with E-state index >= 15 is 0 Å². The van der Waals surface area contributed by atoms with Gasteiger partial charge in [0.15, 0.2) is 0 Å². The van der Waals surface area contributed by atoms with Crippen LogP contribution < -0.4 is 10.6 Å². The van der Waals surface area contributed by atoms with Crippen LogP contribution in [0.4, 0.5) is 15.8 Å². The Hall–Kier alpha value is -2.94. The van der Waals surface area contributed by atoms with Crippen molar-refractivity contribution in [2.24, 2.45) is 0 Å². The molecular formula is C17H20FN3O5. The Bertz CT molecular complexity index is 791. The molecule has 26 heavy (non-hydrogen) atoms. The Morgan fingerprint density at radius 1 is 1.38 bits per heavy atom. The molecule has 0 aliphatic carbocycles. The van der Waals surface area contributed by atoms with E-state index in [9.17, 15) is 18.8 Å². The third-order valence-corrected chi connectivity index (χ3v) is 3.81. The van der Waals surface area contributed by atoms with Crippen molar-refractivity contribution in [2.75, 3.05) is 37.4 Å². The van der Waals surface area contributed by atoms with E-state index in [1.165, 1.54) is 25.0 Å². The Kier molecular flexibility index (Phi) is 5.93. The van der Waals surface area contributed by atoms with Crippen molar-refractivity contribution in [1.82, 2.24) is 4.90 Å². The van der Waals surface area contributed by atoms with Crippen LogP contribution in [0.3, 0.4) is 0 Å². The van der Waals surface area contributed by atoms with E-state index < -0.39 is 17.7 Å². The van der Waals surface area contributed by atoms with Crippen LogP contribution in [0.1, 0.15) is 12.5 Å². The zero-order chi connectivity index (χ0) is 19.4. The highest BCUT2D eigenvalue weighted by molar-refractivity contribution is 6.09. The maximum atomic E-state index is 13.8. The number of nitrogens with one attached hydrogen (secondary N) is 2. The van der Waals surface area contributed by atoms with Gasteiger partial charge in [0.1, 0.15) is 11.5 Å². The Morgan fingerprint density at radius 3 is 2.65 bits per heavy atom. The third kappa shape index (κ3) is 3.99. The van der Waals surface area contributed by atoms with Crippen molar-refractivity contribution < 1.29 is 28.6 Å². The number of aryl methyl sites for hydroxylation is 1. The van der Waals surface area contributed by atoms with Crippen molar-refractivity contribution in [2.45, 2.75) is 13.8 Å². The van der Waals surface area contributed by atoms with Crippen LogP contribution in [-0.4, -0.2) is 54.6 Å². The van der Waals surface area contributed by atoms with Gasteiger partial charge in [0.05, 0.1) is 37.2 Å². The summed E-state index contributed by atoms with van der Waals surface area (Å²) >= 11 is 0. The van der Waals surface area contributed by atoms with Crippen LogP contribution in [0.5, 0.6) is 0 Å². The number of hydrogen-bond donors (Lipinski definition) is 3. The average Bonchev–Trinajstić information content (AvgIpc) is 2.87. The molecule has 8 nitrogen and oxygen atoms in total. The lowest BCUT2D eigenvalue weighted by molar-refractivity contribution is -0.136. The fourth-order valence-electron chi connectivity index (χ4n) is 2.67. The predicted molar refractivity (Wildman–Crippen MR) is 91.8 cm³/mol. The monoisotopic (exact) mass is 365 g/mol.